The van der Waals surface area contributed by atoms with Crippen LogP contribution in [0.25, 0.3) is 0 Å². The minimum atomic E-state index is -3.57. The predicted molar refractivity (Wildman–Crippen MR) is 81.3 cm³/mol. The van der Waals surface area contributed by atoms with Crippen molar-refractivity contribution in [1.29, 1.82) is 0 Å². The van der Waals surface area contributed by atoms with Crippen LogP contribution in [0.5, 0.6) is 0 Å². The summed E-state index contributed by atoms with van der Waals surface area (Å²) in [5.41, 5.74) is 8.10. The topological polar surface area (TPSA) is 92.5 Å². The Morgan fingerprint density at radius 1 is 1.38 bits per heavy atom. The number of carbonyl (C=O) groups excluding carboxylic acids is 1. The van der Waals surface area contributed by atoms with Crippen molar-refractivity contribution in [3.05, 3.63) is 23.3 Å². The molecule has 116 valence electrons. The normalized spacial score (nSPS) is 19.7. The number of anilines is 1. The first kappa shape index (κ1) is 15.8. The van der Waals surface area contributed by atoms with E-state index in [0.29, 0.717) is 25.2 Å². The molecule has 1 aromatic carbocycles. The highest BCUT2D eigenvalue weighted by Crippen LogP contribution is 2.26. The van der Waals surface area contributed by atoms with Gasteiger partial charge >= 0.3 is 0 Å². The molecule has 1 aromatic rings. The van der Waals surface area contributed by atoms with Gasteiger partial charge in [0.1, 0.15) is 0 Å². The maximum Gasteiger partial charge on any atom is 0.243 e. The van der Waals surface area contributed by atoms with Crippen LogP contribution in [0.2, 0.25) is 0 Å². The van der Waals surface area contributed by atoms with Crippen molar-refractivity contribution in [2.75, 3.05) is 18.8 Å². The van der Waals surface area contributed by atoms with Crippen LogP contribution in [-0.2, 0) is 14.8 Å². The molecule has 0 saturated carbocycles. The maximum absolute atomic E-state index is 12.6. The summed E-state index contributed by atoms with van der Waals surface area (Å²) in [4.78, 5) is 11.3. The number of carbonyl (C=O) groups is 1. The van der Waals surface area contributed by atoms with Crippen LogP contribution in [0.1, 0.15) is 24.5 Å². The molecule has 0 spiro atoms. The van der Waals surface area contributed by atoms with E-state index in [2.05, 4.69) is 5.32 Å². The fourth-order valence-electron chi connectivity index (χ4n) is 2.50. The quantitative estimate of drug-likeness (QED) is 0.807. The number of hydrogen-bond donors (Lipinski definition) is 2. The lowest BCUT2D eigenvalue weighted by Gasteiger charge is -2.18. The summed E-state index contributed by atoms with van der Waals surface area (Å²) in [6.45, 7) is 5.84. The molecule has 6 nitrogen and oxygen atoms in total. The fourth-order valence-corrected chi connectivity index (χ4v) is 4.12. The van der Waals surface area contributed by atoms with Crippen LogP contribution >= 0.6 is 0 Å². The van der Waals surface area contributed by atoms with Gasteiger partial charge in [0.25, 0.3) is 0 Å². The number of nitrogens with zero attached hydrogens (tertiary/aromatic N) is 1. The number of benzene rings is 1. The Bertz CT molecular complexity index is 647. The number of nitrogens with two attached hydrogens (primary N) is 1. The molecule has 1 aliphatic rings. The third-order valence-electron chi connectivity index (χ3n) is 3.88. The van der Waals surface area contributed by atoms with E-state index in [1.165, 1.54) is 17.3 Å². The monoisotopic (exact) mass is 311 g/mol. The van der Waals surface area contributed by atoms with Gasteiger partial charge in [-0.25, -0.2) is 8.42 Å². The number of sulfonamides is 1. The minimum Gasteiger partial charge on any atom is -0.398 e. The van der Waals surface area contributed by atoms with Gasteiger partial charge in [0.05, 0.1) is 4.90 Å². The van der Waals surface area contributed by atoms with Gasteiger partial charge in [-0.15, -0.1) is 0 Å². The van der Waals surface area contributed by atoms with Crippen molar-refractivity contribution in [1.82, 2.24) is 9.62 Å². The summed E-state index contributed by atoms with van der Waals surface area (Å²) in [6.07, 6.45) is 0.624. The Morgan fingerprint density at radius 2 is 2.05 bits per heavy atom. The SMILES string of the molecule is CC(=O)NC1CCN(S(=O)(=O)c2cc(C)c(C)c(N)c2)C1. The number of hydrogen-bond acceptors (Lipinski definition) is 4. The molecule has 1 unspecified atom stereocenters. The molecule has 0 bridgehead atoms. The zero-order chi connectivity index (χ0) is 15.8. The van der Waals surface area contributed by atoms with E-state index >= 15 is 0 Å². The van der Waals surface area contributed by atoms with Gasteiger partial charge in [0.2, 0.25) is 15.9 Å². The first-order valence-corrected chi connectivity index (χ1v) is 8.30. The summed E-state index contributed by atoms with van der Waals surface area (Å²) in [7, 11) is -3.57. The highest BCUT2D eigenvalue weighted by molar-refractivity contribution is 7.89. The van der Waals surface area contributed by atoms with Crippen LogP contribution in [0, 0.1) is 13.8 Å². The van der Waals surface area contributed by atoms with Crippen LogP contribution in [0.3, 0.4) is 0 Å². The summed E-state index contributed by atoms with van der Waals surface area (Å²) < 4.78 is 26.7. The molecule has 1 saturated heterocycles. The molecular weight excluding hydrogens is 290 g/mol. The largest absolute Gasteiger partial charge is 0.398 e. The third kappa shape index (κ3) is 3.19. The van der Waals surface area contributed by atoms with Crippen molar-refractivity contribution in [2.24, 2.45) is 0 Å². The lowest BCUT2D eigenvalue weighted by Crippen LogP contribution is -2.37. The minimum absolute atomic E-state index is 0.124. The first-order valence-electron chi connectivity index (χ1n) is 6.86. The fraction of sp³-hybridized carbons (Fsp3) is 0.500. The van der Waals surface area contributed by atoms with E-state index in [4.69, 9.17) is 5.73 Å². The average molecular weight is 311 g/mol. The highest BCUT2D eigenvalue weighted by atomic mass is 32.2. The molecule has 7 heteroatoms. The van der Waals surface area contributed by atoms with E-state index in [-0.39, 0.29) is 16.8 Å². The van der Waals surface area contributed by atoms with Gasteiger partial charge in [-0.2, -0.15) is 4.31 Å². The Kier molecular flexibility index (Phi) is 4.25. The Hall–Kier alpha value is -1.60. The third-order valence-corrected chi connectivity index (χ3v) is 5.72. The zero-order valence-electron chi connectivity index (χ0n) is 12.5. The van der Waals surface area contributed by atoms with Crippen molar-refractivity contribution in [2.45, 2.75) is 38.1 Å². The predicted octanol–water partition coefficient (Wildman–Crippen LogP) is 0.785. The van der Waals surface area contributed by atoms with E-state index < -0.39 is 10.0 Å². The molecule has 2 rings (SSSR count). The highest BCUT2D eigenvalue weighted by Gasteiger charge is 2.33. The summed E-state index contributed by atoms with van der Waals surface area (Å²) >= 11 is 0. The zero-order valence-corrected chi connectivity index (χ0v) is 13.3. The molecule has 1 amide bonds. The second kappa shape index (κ2) is 5.65. The van der Waals surface area contributed by atoms with E-state index in [1.54, 1.807) is 6.07 Å². The first-order chi connectivity index (χ1) is 9.71. The Balaban J connectivity index is 2.25. The van der Waals surface area contributed by atoms with Gasteiger partial charge in [-0.05, 0) is 43.5 Å². The molecule has 3 N–H and O–H groups in total. The number of nitrogen functional groups attached to an aromatic ring is 1. The second-order valence-corrected chi connectivity index (χ2v) is 7.44. The van der Waals surface area contributed by atoms with Crippen molar-refractivity contribution >= 4 is 21.6 Å². The lowest BCUT2D eigenvalue weighted by molar-refractivity contribution is -0.119. The second-order valence-electron chi connectivity index (χ2n) is 5.50. The molecular formula is C14H21N3O3S. The summed E-state index contributed by atoms with van der Waals surface area (Å²) in [5, 5.41) is 2.76. The number of nitrogens with one attached hydrogen (secondary N) is 1. The van der Waals surface area contributed by atoms with Crippen LogP contribution in [-0.4, -0.2) is 37.8 Å². The molecule has 0 aromatic heterocycles. The van der Waals surface area contributed by atoms with Gasteiger partial charge in [-0.3, -0.25) is 4.79 Å². The van der Waals surface area contributed by atoms with Crippen LogP contribution < -0.4 is 11.1 Å². The van der Waals surface area contributed by atoms with Crippen molar-refractivity contribution < 1.29 is 13.2 Å². The molecule has 0 radical (unpaired) electrons. The molecule has 1 heterocycles. The summed E-state index contributed by atoms with van der Waals surface area (Å²) in [5.74, 6) is -0.144. The number of rotatable bonds is 3. The van der Waals surface area contributed by atoms with Gasteiger partial charge < -0.3 is 11.1 Å². The standard InChI is InChI=1S/C14H21N3O3S/c1-9-6-13(7-14(15)10(9)2)21(19,20)17-5-4-12(8-17)16-11(3)18/h6-7,12H,4-5,8,15H2,1-3H3,(H,16,18). The van der Waals surface area contributed by atoms with Gasteiger partial charge in [0.15, 0.2) is 0 Å². The summed E-state index contributed by atoms with van der Waals surface area (Å²) in [6, 6.07) is 3.03. The molecule has 1 atom stereocenters. The molecule has 1 aliphatic heterocycles. The molecule has 0 aliphatic carbocycles. The number of amides is 1. The van der Waals surface area contributed by atoms with E-state index in [0.717, 1.165) is 11.1 Å². The van der Waals surface area contributed by atoms with Crippen LogP contribution in [0.4, 0.5) is 5.69 Å². The Morgan fingerprint density at radius 3 is 2.62 bits per heavy atom. The number of aryl methyl sites for hydroxylation is 1. The van der Waals surface area contributed by atoms with Gasteiger partial charge in [-0.1, -0.05) is 0 Å². The van der Waals surface area contributed by atoms with Crippen molar-refractivity contribution in [3.63, 3.8) is 0 Å². The Labute approximate surface area is 125 Å². The lowest BCUT2D eigenvalue weighted by atomic mass is 10.1. The average Bonchev–Trinajstić information content (AvgIpc) is 2.83. The van der Waals surface area contributed by atoms with Gasteiger partial charge in [0, 0.05) is 31.7 Å². The van der Waals surface area contributed by atoms with E-state index in [1.807, 2.05) is 13.8 Å². The van der Waals surface area contributed by atoms with Crippen molar-refractivity contribution in [3.8, 4) is 0 Å². The smallest absolute Gasteiger partial charge is 0.243 e. The van der Waals surface area contributed by atoms with E-state index in [9.17, 15) is 13.2 Å². The molecule has 21 heavy (non-hydrogen) atoms. The molecule has 1 fully saturated rings. The maximum atomic E-state index is 12.6. The van der Waals surface area contributed by atoms with Crippen LogP contribution in [0.15, 0.2) is 17.0 Å².